The normalized spacial score (nSPS) is 22.3. The van der Waals surface area contributed by atoms with E-state index < -0.39 is 4.92 Å². The van der Waals surface area contributed by atoms with E-state index in [4.69, 9.17) is 10.6 Å². The molecule has 1 aliphatic rings. The maximum absolute atomic E-state index is 11.0. The van der Waals surface area contributed by atoms with Crippen molar-refractivity contribution in [3.05, 3.63) is 16.3 Å². The first-order chi connectivity index (χ1) is 9.63. The zero-order valence-electron chi connectivity index (χ0n) is 11.4. The lowest BCUT2D eigenvalue weighted by Crippen LogP contribution is -2.26. The molecule has 8 nitrogen and oxygen atoms in total. The Morgan fingerprint density at radius 3 is 3.05 bits per heavy atom. The van der Waals surface area contributed by atoms with Gasteiger partial charge in [-0.15, -0.1) is 0 Å². The molecule has 1 heterocycles. The predicted octanol–water partition coefficient (Wildman–Crippen LogP) is 2.02. The molecule has 1 saturated carbocycles. The summed E-state index contributed by atoms with van der Waals surface area (Å²) in [5.41, 5.74) is 2.03. The number of rotatable bonds is 5. The van der Waals surface area contributed by atoms with E-state index in [1.807, 2.05) is 0 Å². The number of anilines is 1. The van der Waals surface area contributed by atoms with Crippen LogP contribution in [0.3, 0.4) is 0 Å². The summed E-state index contributed by atoms with van der Waals surface area (Å²) in [6, 6.07) is 0. The summed E-state index contributed by atoms with van der Waals surface area (Å²) in [5.74, 6) is 5.92. The first-order valence-electron chi connectivity index (χ1n) is 6.78. The summed E-state index contributed by atoms with van der Waals surface area (Å²) < 4.78 is 5.73. The first kappa shape index (κ1) is 14.4. The monoisotopic (exact) mass is 281 g/mol. The van der Waals surface area contributed by atoms with Crippen molar-refractivity contribution in [3.63, 3.8) is 0 Å². The van der Waals surface area contributed by atoms with E-state index in [-0.39, 0.29) is 23.6 Å². The molecular formula is C12H19N5O3. The third-order valence-electron chi connectivity index (χ3n) is 3.65. The fourth-order valence-corrected chi connectivity index (χ4v) is 2.52. The number of nitrogens with zero attached hydrogens (tertiary/aromatic N) is 3. The van der Waals surface area contributed by atoms with Gasteiger partial charge in [0.1, 0.15) is 12.3 Å². The summed E-state index contributed by atoms with van der Waals surface area (Å²) in [6.45, 7) is 2.15. The molecule has 2 unspecified atom stereocenters. The Morgan fingerprint density at radius 1 is 1.60 bits per heavy atom. The fourth-order valence-electron chi connectivity index (χ4n) is 2.52. The molecule has 0 spiro atoms. The fraction of sp³-hybridized carbons (Fsp3) is 0.667. The Morgan fingerprint density at radius 2 is 2.40 bits per heavy atom. The lowest BCUT2D eigenvalue weighted by atomic mass is 9.85. The van der Waals surface area contributed by atoms with Crippen LogP contribution in [0.25, 0.3) is 0 Å². The number of nitrogens with one attached hydrogen (secondary N) is 1. The highest BCUT2D eigenvalue weighted by Crippen LogP contribution is 2.32. The highest BCUT2D eigenvalue weighted by atomic mass is 16.6. The summed E-state index contributed by atoms with van der Waals surface area (Å²) in [7, 11) is 0. The van der Waals surface area contributed by atoms with E-state index in [1.54, 1.807) is 0 Å². The molecule has 2 atom stereocenters. The van der Waals surface area contributed by atoms with Crippen molar-refractivity contribution in [1.82, 2.24) is 9.97 Å². The zero-order chi connectivity index (χ0) is 14.5. The van der Waals surface area contributed by atoms with Gasteiger partial charge in [0.25, 0.3) is 5.88 Å². The van der Waals surface area contributed by atoms with Gasteiger partial charge in [-0.1, -0.05) is 19.8 Å². The van der Waals surface area contributed by atoms with Gasteiger partial charge in [0.05, 0.1) is 4.92 Å². The van der Waals surface area contributed by atoms with Gasteiger partial charge < -0.3 is 4.74 Å². The van der Waals surface area contributed by atoms with Crippen LogP contribution in [0.5, 0.6) is 5.88 Å². The molecule has 3 N–H and O–H groups in total. The van der Waals surface area contributed by atoms with Crippen LogP contribution in [-0.4, -0.2) is 21.0 Å². The van der Waals surface area contributed by atoms with Crippen LogP contribution in [0, 0.1) is 16.0 Å². The number of nitrogens with two attached hydrogens (primary N) is 1. The zero-order valence-corrected chi connectivity index (χ0v) is 11.4. The number of nitro groups is 1. The van der Waals surface area contributed by atoms with E-state index in [0.717, 1.165) is 31.9 Å². The highest BCUT2D eigenvalue weighted by molar-refractivity contribution is 5.42. The van der Waals surface area contributed by atoms with Gasteiger partial charge in [-0.05, 0) is 25.2 Å². The number of hydrogen-bond acceptors (Lipinski definition) is 7. The average molecular weight is 281 g/mol. The maximum atomic E-state index is 11.0. The molecule has 1 aromatic heterocycles. The Balaban J connectivity index is 2.16. The second-order valence-corrected chi connectivity index (χ2v) is 4.97. The first-order valence-corrected chi connectivity index (χ1v) is 6.78. The van der Waals surface area contributed by atoms with Gasteiger partial charge >= 0.3 is 5.69 Å². The van der Waals surface area contributed by atoms with Crippen molar-refractivity contribution < 1.29 is 9.66 Å². The maximum Gasteiger partial charge on any atom is 0.349 e. The molecule has 20 heavy (non-hydrogen) atoms. The average Bonchev–Trinajstić information content (AvgIpc) is 2.47. The molecule has 1 aromatic rings. The Labute approximate surface area is 116 Å². The number of aromatic nitrogens is 2. The smallest absolute Gasteiger partial charge is 0.349 e. The van der Waals surface area contributed by atoms with Gasteiger partial charge in [0, 0.05) is 0 Å². The molecule has 0 radical (unpaired) electrons. The van der Waals surface area contributed by atoms with Crippen LogP contribution >= 0.6 is 0 Å². The number of hydrazine groups is 1. The van der Waals surface area contributed by atoms with Crippen LogP contribution in [0.1, 0.15) is 39.0 Å². The minimum atomic E-state index is -0.546. The lowest BCUT2D eigenvalue weighted by molar-refractivity contribution is -0.386. The number of hydrogen-bond donors (Lipinski definition) is 2. The molecule has 1 fully saturated rings. The van der Waals surface area contributed by atoms with Gasteiger partial charge in [-0.25, -0.2) is 10.8 Å². The molecule has 0 saturated heterocycles. The predicted molar refractivity (Wildman–Crippen MR) is 73.2 cm³/mol. The van der Waals surface area contributed by atoms with E-state index in [1.165, 1.54) is 6.42 Å². The van der Waals surface area contributed by atoms with Gasteiger partial charge in [-0.2, -0.15) is 4.98 Å². The number of ether oxygens (including phenoxy) is 1. The van der Waals surface area contributed by atoms with E-state index in [2.05, 4.69) is 22.3 Å². The third kappa shape index (κ3) is 3.32. The second-order valence-electron chi connectivity index (χ2n) is 4.97. The number of nitrogen functional groups attached to an aromatic ring is 1. The summed E-state index contributed by atoms with van der Waals surface area (Å²) >= 11 is 0. The molecule has 0 aromatic carbocycles. The van der Waals surface area contributed by atoms with Crippen LogP contribution in [-0.2, 0) is 0 Å². The topological polar surface area (TPSA) is 116 Å². The van der Waals surface area contributed by atoms with Crippen molar-refractivity contribution in [3.8, 4) is 5.88 Å². The molecule has 0 aliphatic heterocycles. The van der Waals surface area contributed by atoms with Crippen molar-refractivity contribution in [1.29, 1.82) is 0 Å². The van der Waals surface area contributed by atoms with Crippen LogP contribution in [0.15, 0.2) is 6.20 Å². The SMILES string of the molecule is CCC1CCCC(Oc2nc(NN)ncc2[N+](=O)[O-])C1. The minimum absolute atomic E-state index is 0.0142. The quantitative estimate of drug-likeness (QED) is 0.481. The molecular weight excluding hydrogens is 262 g/mol. The second kappa shape index (κ2) is 6.47. The Kier molecular flexibility index (Phi) is 4.67. The molecule has 0 amide bonds. The van der Waals surface area contributed by atoms with Crippen LogP contribution in [0.4, 0.5) is 11.6 Å². The van der Waals surface area contributed by atoms with E-state index >= 15 is 0 Å². The molecule has 8 heteroatoms. The summed E-state index contributed by atoms with van der Waals surface area (Å²) in [5, 5.41) is 11.0. The molecule has 1 aliphatic carbocycles. The Hall–Kier alpha value is -1.96. The van der Waals surface area contributed by atoms with Crippen molar-refractivity contribution in [2.75, 3.05) is 5.43 Å². The highest BCUT2D eigenvalue weighted by Gasteiger charge is 2.26. The van der Waals surface area contributed by atoms with Crippen molar-refractivity contribution in [2.45, 2.75) is 45.1 Å². The third-order valence-corrected chi connectivity index (χ3v) is 3.65. The van der Waals surface area contributed by atoms with Crippen molar-refractivity contribution in [2.24, 2.45) is 11.8 Å². The van der Waals surface area contributed by atoms with Gasteiger partial charge in [0.15, 0.2) is 0 Å². The van der Waals surface area contributed by atoms with Crippen LogP contribution in [0.2, 0.25) is 0 Å². The van der Waals surface area contributed by atoms with Gasteiger partial charge in [-0.3, -0.25) is 15.5 Å². The van der Waals surface area contributed by atoms with Gasteiger partial charge in [0.2, 0.25) is 5.95 Å². The van der Waals surface area contributed by atoms with Crippen molar-refractivity contribution >= 4 is 11.6 Å². The summed E-state index contributed by atoms with van der Waals surface area (Å²) in [6.07, 6.45) is 6.24. The van der Waals surface area contributed by atoms with E-state index in [0.29, 0.717) is 5.92 Å². The molecule has 110 valence electrons. The lowest BCUT2D eigenvalue weighted by Gasteiger charge is -2.28. The Bertz CT molecular complexity index is 482. The largest absolute Gasteiger partial charge is 0.469 e. The van der Waals surface area contributed by atoms with Crippen LogP contribution < -0.4 is 16.0 Å². The molecule has 0 bridgehead atoms. The minimum Gasteiger partial charge on any atom is -0.469 e. The van der Waals surface area contributed by atoms with E-state index in [9.17, 15) is 10.1 Å². The summed E-state index contributed by atoms with van der Waals surface area (Å²) in [4.78, 5) is 18.1. The molecule has 2 rings (SSSR count). The standard InChI is InChI=1S/C12H19N5O3/c1-2-8-4-3-5-9(6-8)20-11-10(17(18)19)7-14-12(15-11)16-13/h7-9H,2-6,13H2,1H3,(H,14,15,16).